The summed E-state index contributed by atoms with van der Waals surface area (Å²) >= 11 is 0. The molecule has 1 aromatic carbocycles. The van der Waals surface area contributed by atoms with E-state index in [1.807, 2.05) is 13.8 Å². The molecule has 0 aliphatic carbocycles. The summed E-state index contributed by atoms with van der Waals surface area (Å²) in [5.41, 5.74) is 5.17. The average Bonchev–Trinajstić information content (AvgIpc) is 3.68. The van der Waals surface area contributed by atoms with E-state index in [0.717, 1.165) is 12.8 Å². The van der Waals surface area contributed by atoms with Crippen molar-refractivity contribution in [2.24, 2.45) is 5.92 Å². The van der Waals surface area contributed by atoms with Crippen LogP contribution in [0.25, 0.3) is 5.52 Å². The number of carbonyl (C=O) groups excluding carboxylic acids is 1. The van der Waals surface area contributed by atoms with E-state index in [0.29, 0.717) is 11.2 Å². The third-order valence-electron chi connectivity index (χ3n) is 7.96. The number of aromatic nitrogens is 3. The van der Waals surface area contributed by atoms with E-state index >= 15 is 0 Å². The SMILES string of the molecule is CCC(CC)COC(=O)[C@H](C)NP(=O)(OC[C@H]1O[C@@](C#N)(c2ccc3c(N)ncnn23)[C@@H]2OC(C)(C)O[C@@H]21)Oc1ccccc1. The van der Waals surface area contributed by atoms with Crippen LogP contribution in [0.2, 0.25) is 0 Å². The Balaban J connectivity index is 1.40. The van der Waals surface area contributed by atoms with Crippen molar-refractivity contribution in [3.05, 3.63) is 54.5 Å². The Morgan fingerprint density at radius 3 is 2.60 bits per heavy atom. The highest BCUT2D eigenvalue weighted by Crippen LogP contribution is 2.51. The highest BCUT2D eigenvalue weighted by molar-refractivity contribution is 7.52. The molecule has 2 aromatic heterocycles. The molecule has 242 valence electrons. The Kier molecular flexibility index (Phi) is 9.51. The molecule has 0 spiro atoms. The predicted molar refractivity (Wildman–Crippen MR) is 162 cm³/mol. The van der Waals surface area contributed by atoms with Crippen molar-refractivity contribution in [3.63, 3.8) is 0 Å². The second-order valence-electron chi connectivity index (χ2n) is 11.5. The van der Waals surface area contributed by atoms with E-state index in [9.17, 15) is 14.6 Å². The molecule has 2 fully saturated rings. The van der Waals surface area contributed by atoms with Gasteiger partial charge in [0.2, 0.25) is 5.60 Å². The number of hydrogen-bond acceptors (Lipinski definition) is 12. The van der Waals surface area contributed by atoms with Crippen molar-refractivity contribution in [1.82, 2.24) is 19.7 Å². The van der Waals surface area contributed by atoms with Gasteiger partial charge in [0.1, 0.15) is 48.0 Å². The molecular formula is C30H39N6O8P. The number of fused-ring (bicyclic) bond motifs is 2. The van der Waals surface area contributed by atoms with Gasteiger partial charge in [0.25, 0.3) is 0 Å². The van der Waals surface area contributed by atoms with Gasteiger partial charge in [0.15, 0.2) is 11.6 Å². The Morgan fingerprint density at radius 1 is 1.18 bits per heavy atom. The lowest BCUT2D eigenvalue weighted by molar-refractivity contribution is -0.204. The minimum Gasteiger partial charge on any atom is -0.464 e. The van der Waals surface area contributed by atoms with E-state index in [1.54, 1.807) is 56.3 Å². The lowest BCUT2D eigenvalue weighted by Crippen LogP contribution is -2.40. The largest absolute Gasteiger partial charge is 0.464 e. The first-order valence-corrected chi connectivity index (χ1v) is 16.5. The lowest BCUT2D eigenvalue weighted by atomic mass is 9.92. The standard InChI is InChI=1S/C30H39N6O8P/c1-6-20(7-2)15-39-28(37)19(3)35-45(38,44-21-11-9-8-10-12-21)40-16-23-25-26(43-29(4,5)42-25)30(17-31,41-23)24-14-13-22-27(32)33-18-34-36(22)24/h8-14,18-20,23,25-26H,6-7,15-16H2,1-5H3,(H,35,38)(H2,32,33,34)/t19-,23+,25+,26+,30-,45?/m0/s1. The summed E-state index contributed by atoms with van der Waals surface area (Å²) in [6.07, 6.45) is 0.325. The lowest BCUT2D eigenvalue weighted by Gasteiger charge is -2.29. The maximum atomic E-state index is 14.2. The van der Waals surface area contributed by atoms with Crippen molar-refractivity contribution in [3.8, 4) is 11.8 Å². The van der Waals surface area contributed by atoms with Crippen molar-refractivity contribution < 1.29 is 37.4 Å². The number of carbonyl (C=O) groups is 1. The number of ether oxygens (including phenoxy) is 4. The second-order valence-corrected chi connectivity index (χ2v) is 13.2. The molecule has 0 amide bonds. The first kappa shape index (κ1) is 32.8. The summed E-state index contributed by atoms with van der Waals surface area (Å²) in [6, 6.07) is 13.0. The maximum absolute atomic E-state index is 14.2. The molecule has 4 heterocycles. The van der Waals surface area contributed by atoms with E-state index in [2.05, 4.69) is 21.2 Å². The van der Waals surface area contributed by atoms with Gasteiger partial charge in [-0.25, -0.2) is 14.1 Å². The van der Waals surface area contributed by atoms with E-state index in [1.165, 1.54) is 17.8 Å². The number of anilines is 1. The van der Waals surface area contributed by atoms with Gasteiger partial charge < -0.3 is 29.2 Å². The van der Waals surface area contributed by atoms with Gasteiger partial charge in [-0.3, -0.25) is 9.32 Å². The number of rotatable bonds is 13. The van der Waals surface area contributed by atoms with Crippen LogP contribution in [0.5, 0.6) is 5.75 Å². The number of benzene rings is 1. The molecule has 3 N–H and O–H groups in total. The highest BCUT2D eigenvalue weighted by atomic mass is 31.2. The number of para-hydroxylation sites is 1. The van der Waals surface area contributed by atoms with Crippen LogP contribution in [0.1, 0.15) is 53.2 Å². The smallest absolute Gasteiger partial charge is 0.459 e. The topological polar surface area (TPSA) is 182 Å². The Morgan fingerprint density at radius 2 is 1.91 bits per heavy atom. The fourth-order valence-corrected chi connectivity index (χ4v) is 6.99. The molecule has 5 rings (SSSR count). The van der Waals surface area contributed by atoms with Crippen LogP contribution in [-0.4, -0.2) is 63.9 Å². The average molecular weight is 643 g/mol. The molecule has 14 nitrogen and oxygen atoms in total. The number of nitrogens with two attached hydrogens (primary N) is 1. The van der Waals surface area contributed by atoms with Crippen molar-refractivity contribution in [2.45, 2.75) is 83.2 Å². The fraction of sp³-hybridized carbons (Fsp3) is 0.533. The number of nitriles is 1. The Labute approximate surface area is 261 Å². The number of nitrogens with zero attached hydrogens (tertiary/aromatic N) is 4. The number of nitrogen functional groups attached to an aromatic ring is 1. The first-order valence-electron chi connectivity index (χ1n) is 14.9. The monoisotopic (exact) mass is 642 g/mol. The predicted octanol–water partition coefficient (Wildman–Crippen LogP) is 4.11. The molecule has 2 aliphatic heterocycles. The number of esters is 1. The summed E-state index contributed by atoms with van der Waals surface area (Å²) in [7, 11) is -4.24. The van der Waals surface area contributed by atoms with Crippen LogP contribution < -0.4 is 15.3 Å². The number of nitrogens with one attached hydrogen (secondary N) is 1. The van der Waals surface area contributed by atoms with E-state index in [-0.39, 0.29) is 30.7 Å². The Hall–Kier alpha value is -3.57. The van der Waals surface area contributed by atoms with Gasteiger partial charge in [-0.2, -0.15) is 15.4 Å². The van der Waals surface area contributed by atoms with Crippen molar-refractivity contribution in [2.75, 3.05) is 18.9 Å². The minimum atomic E-state index is -4.24. The zero-order chi connectivity index (χ0) is 32.4. The molecule has 2 saturated heterocycles. The maximum Gasteiger partial charge on any atom is 0.459 e. The van der Waals surface area contributed by atoms with Crippen LogP contribution in [0, 0.1) is 17.2 Å². The van der Waals surface area contributed by atoms with E-state index in [4.69, 9.17) is 33.7 Å². The minimum absolute atomic E-state index is 0.219. The molecule has 1 unspecified atom stereocenters. The fourth-order valence-electron chi connectivity index (χ4n) is 5.49. The summed E-state index contributed by atoms with van der Waals surface area (Å²) in [4.78, 5) is 16.9. The van der Waals surface area contributed by atoms with Crippen LogP contribution in [-0.2, 0) is 38.4 Å². The van der Waals surface area contributed by atoms with Crippen LogP contribution in [0.4, 0.5) is 5.82 Å². The quantitative estimate of drug-likeness (QED) is 0.201. The molecular weight excluding hydrogens is 603 g/mol. The Bertz CT molecular complexity index is 1590. The van der Waals surface area contributed by atoms with Gasteiger partial charge >= 0.3 is 13.7 Å². The molecule has 0 saturated carbocycles. The first-order chi connectivity index (χ1) is 21.4. The van der Waals surface area contributed by atoms with Gasteiger partial charge in [-0.15, -0.1) is 0 Å². The van der Waals surface area contributed by atoms with Crippen LogP contribution in [0.3, 0.4) is 0 Å². The van der Waals surface area contributed by atoms with Gasteiger partial charge in [0, 0.05) is 0 Å². The summed E-state index contributed by atoms with van der Waals surface area (Å²) in [6.45, 7) is 8.91. The van der Waals surface area contributed by atoms with Crippen molar-refractivity contribution >= 4 is 25.1 Å². The van der Waals surface area contributed by atoms with Gasteiger partial charge in [-0.1, -0.05) is 44.9 Å². The second kappa shape index (κ2) is 13.0. The summed E-state index contributed by atoms with van der Waals surface area (Å²) in [5.74, 6) is -0.980. The van der Waals surface area contributed by atoms with Crippen molar-refractivity contribution in [1.29, 1.82) is 5.26 Å². The molecule has 2 aliphatic rings. The third kappa shape index (κ3) is 6.70. The summed E-state index contributed by atoms with van der Waals surface area (Å²) < 4.78 is 51.7. The van der Waals surface area contributed by atoms with Crippen LogP contribution >= 0.6 is 7.75 Å². The molecule has 0 radical (unpaired) electrons. The molecule has 15 heteroatoms. The highest BCUT2D eigenvalue weighted by Gasteiger charge is 2.65. The van der Waals surface area contributed by atoms with Gasteiger partial charge in [-0.05, 0) is 51.0 Å². The van der Waals surface area contributed by atoms with Crippen LogP contribution in [0.15, 0.2) is 48.8 Å². The molecule has 45 heavy (non-hydrogen) atoms. The van der Waals surface area contributed by atoms with E-state index < -0.39 is 49.5 Å². The molecule has 3 aromatic rings. The van der Waals surface area contributed by atoms with Gasteiger partial charge in [0.05, 0.1) is 18.9 Å². The third-order valence-corrected chi connectivity index (χ3v) is 9.60. The number of hydrogen-bond donors (Lipinski definition) is 2. The zero-order valence-electron chi connectivity index (χ0n) is 25.9. The summed E-state index contributed by atoms with van der Waals surface area (Å²) in [5, 5.41) is 17.6. The zero-order valence-corrected chi connectivity index (χ0v) is 26.8. The molecule has 0 bridgehead atoms. The normalized spacial score (nSPS) is 25.8. The molecule has 6 atom stereocenters.